The molecule has 6 nitrogen and oxygen atoms in total. The maximum absolute atomic E-state index is 12.8. The van der Waals surface area contributed by atoms with Crippen molar-refractivity contribution in [3.63, 3.8) is 0 Å². The minimum atomic E-state index is -0.0918. The van der Waals surface area contributed by atoms with Crippen LogP contribution in [0.5, 0.6) is 0 Å². The molecule has 22 heavy (non-hydrogen) atoms. The Labute approximate surface area is 132 Å². The summed E-state index contributed by atoms with van der Waals surface area (Å²) in [5.74, 6) is 0.548. The van der Waals surface area contributed by atoms with E-state index in [9.17, 15) is 4.79 Å². The van der Waals surface area contributed by atoms with Crippen molar-refractivity contribution in [1.82, 2.24) is 14.7 Å². The first kappa shape index (κ1) is 17.0. The first-order chi connectivity index (χ1) is 10.5. The lowest BCUT2D eigenvalue weighted by Gasteiger charge is -2.35. The third kappa shape index (κ3) is 3.67. The largest absolute Gasteiger partial charge is 0.378 e. The third-order valence-corrected chi connectivity index (χ3v) is 4.17. The maximum atomic E-state index is 12.8. The predicted molar refractivity (Wildman–Crippen MR) is 85.7 cm³/mol. The van der Waals surface area contributed by atoms with Crippen LogP contribution in [0.15, 0.2) is 6.07 Å². The first-order valence-corrected chi connectivity index (χ1v) is 8.10. The lowest BCUT2D eigenvalue weighted by molar-refractivity contribution is 0.0156. The summed E-state index contributed by atoms with van der Waals surface area (Å²) in [5.41, 5.74) is 7.68. The van der Waals surface area contributed by atoms with Gasteiger partial charge in [0.15, 0.2) is 0 Å². The first-order valence-electron chi connectivity index (χ1n) is 8.10. The molecule has 1 aliphatic heterocycles. The van der Waals surface area contributed by atoms with E-state index in [-0.39, 0.29) is 18.1 Å². The quantitative estimate of drug-likeness (QED) is 0.889. The molecule has 0 unspecified atom stereocenters. The molecule has 1 fully saturated rings. The lowest BCUT2D eigenvalue weighted by atomic mass is 10.0. The summed E-state index contributed by atoms with van der Waals surface area (Å²) in [5, 5.41) is 4.55. The van der Waals surface area contributed by atoms with Crippen molar-refractivity contribution in [2.75, 3.05) is 20.2 Å². The Morgan fingerprint density at radius 1 is 1.55 bits per heavy atom. The van der Waals surface area contributed by atoms with Gasteiger partial charge in [0.1, 0.15) is 5.69 Å². The van der Waals surface area contributed by atoms with Crippen molar-refractivity contribution in [3.05, 3.63) is 17.5 Å². The molecule has 1 aromatic heterocycles. The van der Waals surface area contributed by atoms with Gasteiger partial charge in [0.25, 0.3) is 5.91 Å². The molecule has 0 aromatic carbocycles. The van der Waals surface area contributed by atoms with Crippen LogP contribution in [0.25, 0.3) is 0 Å². The van der Waals surface area contributed by atoms with Crippen molar-refractivity contribution in [3.8, 4) is 0 Å². The van der Waals surface area contributed by atoms with E-state index in [1.54, 1.807) is 11.8 Å². The summed E-state index contributed by atoms with van der Waals surface area (Å²) >= 11 is 0. The average Bonchev–Trinajstić information content (AvgIpc) is 2.89. The number of aromatic nitrogens is 2. The van der Waals surface area contributed by atoms with Gasteiger partial charge in [0.2, 0.25) is 0 Å². The maximum Gasteiger partial charge on any atom is 0.272 e. The minimum Gasteiger partial charge on any atom is -0.378 e. The monoisotopic (exact) mass is 308 g/mol. The van der Waals surface area contributed by atoms with E-state index in [1.165, 1.54) is 0 Å². The Morgan fingerprint density at radius 3 is 2.86 bits per heavy atom. The molecule has 0 radical (unpaired) electrons. The number of carbonyl (C=O) groups is 1. The van der Waals surface area contributed by atoms with Crippen LogP contribution < -0.4 is 5.73 Å². The van der Waals surface area contributed by atoms with Crippen molar-refractivity contribution in [2.24, 2.45) is 11.7 Å². The fourth-order valence-corrected chi connectivity index (χ4v) is 2.93. The zero-order valence-electron chi connectivity index (χ0n) is 14.1. The fraction of sp³-hybridized carbons (Fsp3) is 0.750. The van der Waals surface area contributed by atoms with Gasteiger partial charge in [0, 0.05) is 32.8 Å². The van der Waals surface area contributed by atoms with Crippen LogP contribution in [0.1, 0.15) is 43.4 Å². The molecule has 6 heteroatoms. The lowest BCUT2D eigenvalue weighted by Crippen LogP contribution is -2.53. The van der Waals surface area contributed by atoms with Crippen LogP contribution in [-0.4, -0.2) is 52.9 Å². The second kappa shape index (κ2) is 7.24. The number of aryl methyl sites for hydroxylation is 1. The molecule has 1 aromatic rings. The number of methoxy groups -OCH3 is 1. The van der Waals surface area contributed by atoms with Crippen LogP contribution in [0.4, 0.5) is 0 Å². The van der Waals surface area contributed by atoms with E-state index >= 15 is 0 Å². The number of ether oxygens (including phenoxy) is 1. The molecule has 0 spiro atoms. The summed E-state index contributed by atoms with van der Waals surface area (Å²) < 4.78 is 7.19. The Kier molecular flexibility index (Phi) is 5.58. The zero-order chi connectivity index (χ0) is 16.3. The molecule has 1 amide bonds. The summed E-state index contributed by atoms with van der Waals surface area (Å²) in [6, 6.07) is 1.93. The zero-order valence-corrected chi connectivity index (χ0v) is 14.1. The Bertz CT molecular complexity index is 512. The third-order valence-electron chi connectivity index (χ3n) is 4.17. The molecular weight excluding hydrogens is 280 g/mol. The smallest absolute Gasteiger partial charge is 0.272 e. The number of likely N-dealkylation sites (tertiary alicyclic amines) is 1. The molecule has 2 atom stereocenters. The van der Waals surface area contributed by atoms with Crippen LogP contribution >= 0.6 is 0 Å². The highest BCUT2D eigenvalue weighted by molar-refractivity contribution is 5.92. The summed E-state index contributed by atoms with van der Waals surface area (Å²) in [4.78, 5) is 14.6. The standard InChI is InChI=1S/C16H28N4O2/c1-5-20-14(9-12(18-20)8-11(2)3)16(21)19-7-6-13(17)15(10-19)22-4/h9,11,13,15H,5-8,10,17H2,1-4H3/t13-,15+/m0/s1. The molecule has 1 saturated heterocycles. The number of nitrogens with two attached hydrogens (primary N) is 1. The number of rotatable bonds is 5. The van der Waals surface area contributed by atoms with E-state index in [0.29, 0.717) is 31.2 Å². The van der Waals surface area contributed by atoms with E-state index in [4.69, 9.17) is 10.5 Å². The Hall–Kier alpha value is -1.40. The molecule has 2 N–H and O–H groups in total. The van der Waals surface area contributed by atoms with Crippen molar-refractivity contribution in [2.45, 2.75) is 52.3 Å². The Balaban J connectivity index is 2.16. The number of hydrogen-bond acceptors (Lipinski definition) is 4. The van der Waals surface area contributed by atoms with Crippen molar-refractivity contribution in [1.29, 1.82) is 0 Å². The number of hydrogen-bond donors (Lipinski definition) is 1. The van der Waals surface area contributed by atoms with Gasteiger partial charge in [-0.25, -0.2) is 0 Å². The molecule has 1 aliphatic rings. The highest BCUT2D eigenvalue weighted by Gasteiger charge is 2.31. The van der Waals surface area contributed by atoms with Gasteiger partial charge in [-0.15, -0.1) is 0 Å². The Morgan fingerprint density at radius 2 is 2.27 bits per heavy atom. The average molecular weight is 308 g/mol. The highest BCUT2D eigenvalue weighted by atomic mass is 16.5. The molecule has 0 bridgehead atoms. The van der Waals surface area contributed by atoms with Crippen LogP contribution in [0.3, 0.4) is 0 Å². The highest BCUT2D eigenvalue weighted by Crippen LogP contribution is 2.17. The second-order valence-corrected chi connectivity index (χ2v) is 6.41. The number of carbonyl (C=O) groups excluding carboxylic acids is 1. The van der Waals surface area contributed by atoms with E-state index in [1.807, 2.05) is 17.9 Å². The molecule has 0 aliphatic carbocycles. The van der Waals surface area contributed by atoms with Gasteiger partial charge in [-0.2, -0.15) is 5.10 Å². The summed E-state index contributed by atoms with van der Waals surface area (Å²) in [6.07, 6.45) is 1.56. The molecule has 124 valence electrons. The van der Waals surface area contributed by atoms with Gasteiger partial charge in [-0.1, -0.05) is 13.8 Å². The van der Waals surface area contributed by atoms with Gasteiger partial charge in [-0.05, 0) is 31.7 Å². The second-order valence-electron chi connectivity index (χ2n) is 6.41. The van der Waals surface area contributed by atoms with Gasteiger partial charge in [0.05, 0.1) is 11.8 Å². The SMILES string of the molecule is CCn1nc(CC(C)C)cc1C(=O)N1CC[C@H](N)[C@H](OC)C1. The van der Waals surface area contributed by atoms with Gasteiger partial charge >= 0.3 is 0 Å². The number of nitrogens with zero attached hydrogens (tertiary/aromatic N) is 3. The number of amides is 1. The van der Waals surface area contributed by atoms with Crippen LogP contribution in [0, 0.1) is 5.92 Å². The summed E-state index contributed by atoms with van der Waals surface area (Å²) in [7, 11) is 1.65. The number of piperidine rings is 1. The van der Waals surface area contributed by atoms with E-state index in [2.05, 4.69) is 18.9 Å². The minimum absolute atomic E-state index is 0.00152. The predicted octanol–water partition coefficient (Wildman–Crippen LogP) is 1.29. The van der Waals surface area contributed by atoms with Gasteiger partial charge < -0.3 is 15.4 Å². The summed E-state index contributed by atoms with van der Waals surface area (Å²) in [6.45, 7) is 8.23. The van der Waals surface area contributed by atoms with Crippen molar-refractivity contribution >= 4 is 5.91 Å². The van der Waals surface area contributed by atoms with Gasteiger partial charge in [-0.3, -0.25) is 9.48 Å². The molecule has 2 heterocycles. The van der Waals surface area contributed by atoms with E-state index < -0.39 is 0 Å². The van der Waals surface area contributed by atoms with Crippen LogP contribution in [0.2, 0.25) is 0 Å². The topological polar surface area (TPSA) is 73.4 Å². The van der Waals surface area contributed by atoms with E-state index in [0.717, 1.165) is 18.5 Å². The van der Waals surface area contributed by atoms with Crippen LogP contribution in [-0.2, 0) is 17.7 Å². The molecule has 2 rings (SSSR count). The molecular formula is C16H28N4O2. The normalized spacial score (nSPS) is 22.4. The van der Waals surface area contributed by atoms with Crippen molar-refractivity contribution < 1.29 is 9.53 Å². The fourth-order valence-electron chi connectivity index (χ4n) is 2.93. The molecule has 0 saturated carbocycles.